The molecule has 1 fully saturated rings. The predicted molar refractivity (Wildman–Crippen MR) is 102 cm³/mol. The Balaban J connectivity index is 1.49. The maximum Gasteiger partial charge on any atom is 0.256 e. The third-order valence-electron chi connectivity index (χ3n) is 5.67. The number of hydrogen-bond acceptors (Lipinski definition) is 5. The molecule has 1 saturated carbocycles. The molecule has 2 amide bonds. The molecule has 3 heterocycles. The highest BCUT2D eigenvalue weighted by Gasteiger charge is 2.36. The van der Waals surface area contributed by atoms with Crippen molar-refractivity contribution in [3.05, 3.63) is 41.3 Å². The van der Waals surface area contributed by atoms with E-state index >= 15 is 0 Å². The van der Waals surface area contributed by atoms with Gasteiger partial charge in [-0.3, -0.25) is 14.3 Å². The summed E-state index contributed by atoms with van der Waals surface area (Å²) in [6, 6.07) is 3.48. The number of fused-ring (bicyclic) bond motifs is 1. The number of amides is 2. The van der Waals surface area contributed by atoms with Crippen molar-refractivity contribution in [3.63, 3.8) is 0 Å². The maximum absolute atomic E-state index is 12.9. The number of methoxy groups -OCH3 is 1. The van der Waals surface area contributed by atoms with Crippen LogP contribution in [0.15, 0.2) is 24.5 Å². The highest BCUT2D eigenvalue weighted by atomic mass is 16.5. The minimum absolute atomic E-state index is 0.0366. The molecule has 0 spiro atoms. The van der Waals surface area contributed by atoms with Crippen LogP contribution in [0.25, 0.3) is 0 Å². The normalized spacial score (nSPS) is 17.6. The van der Waals surface area contributed by atoms with Gasteiger partial charge in [-0.15, -0.1) is 0 Å². The molecule has 1 aliphatic heterocycles. The van der Waals surface area contributed by atoms with Crippen molar-refractivity contribution in [2.45, 2.75) is 57.8 Å². The second kappa shape index (κ2) is 7.61. The molecule has 2 aromatic rings. The van der Waals surface area contributed by atoms with Gasteiger partial charge < -0.3 is 15.0 Å². The van der Waals surface area contributed by atoms with Crippen molar-refractivity contribution in [1.82, 2.24) is 25.0 Å². The Labute approximate surface area is 163 Å². The smallest absolute Gasteiger partial charge is 0.256 e. The Hall–Kier alpha value is -2.90. The Morgan fingerprint density at radius 1 is 1.39 bits per heavy atom. The lowest BCUT2D eigenvalue weighted by Gasteiger charge is -2.22. The maximum atomic E-state index is 12.9. The molecule has 1 atom stereocenters. The molecule has 1 aliphatic carbocycles. The van der Waals surface area contributed by atoms with Crippen LogP contribution >= 0.6 is 0 Å². The number of hydrogen-bond donors (Lipinski definition) is 1. The molecule has 2 aromatic heterocycles. The zero-order valence-electron chi connectivity index (χ0n) is 16.2. The summed E-state index contributed by atoms with van der Waals surface area (Å²) in [7, 11) is 1.55. The van der Waals surface area contributed by atoms with E-state index in [1.54, 1.807) is 37.2 Å². The number of carbonyl (C=O) groups is 2. The van der Waals surface area contributed by atoms with Crippen LogP contribution in [0.2, 0.25) is 0 Å². The number of ether oxygens (including phenoxy) is 1. The minimum Gasteiger partial charge on any atom is -0.481 e. The van der Waals surface area contributed by atoms with Gasteiger partial charge in [0.25, 0.3) is 5.91 Å². The summed E-state index contributed by atoms with van der Waals surface area (Å²) in [5, 5.41) is 6.99. The van der Waals surface area contributed by atoms with E-state index in [4.69, 9.17) is 4.74 Å². The lowest BCUT2D eigenvalue weighted by molar-refractivity contribution is -0.124. The zero-order valence-corrected chi connectivity index (χ0v) is 16.2. The first-order valence-electron chi connectivity index (χ1n) is 9.73. The molecular formula is C20H25N5O3. The lowest BCUT2D eigenvalue weighted by atomic mass is 10.1. The Morgan fingerprint density at radius 3 is 2.86 bits per heavy atom. The van der Waals surface area contributed by atoms with Gasteiger partial charge in [-0.1, -0.05) is 12.8 Å². The number of aromatic nitrogens is 3. The van der Waals surface area contributed by atoms with Crippen molar-refractivity contribution in [3.8, 4) is 5.88 Å². The van der Waals surface area contributed by atoms with Crippen LogP contribution in [0.4, 0.5) is 0 Å². The van der Waals surface area contributed by atoms with Crippen molar-refractivity contribution in [1.29, 1.82) is 0 Å². The van der Waals surface area contributed by atoms with Crippen LogP contribution in [-0.4, -0.2) is 44.6 Å². The van der Waals surface area contributed by atoms with Gasteiger partial charge in [0.05, 0.1) is 24.9 Å². The average molecular weight is 383 g/mol. The van der Waals surface area contributed by atoms with E-state index in [1.807, 2.05) is 11.0 Å². The minimum atomic E-state index is -0.428. The first-order chi connectivity index (χ1) is 13.6. The van der Waals surface area contributed by atoms with Gasteiger partial charge in [0.15, 0.2) is 0 Å². The van der Waals surface area contributed by atoms with E-state index in [0.29, 0.717) is 29.6 Å². The highest BCUT2D eigenvalue weighted by molar-refractivity contribution is 5.98. The van der Waals surface area contributed by atoms with E-state index < -0.39 is 6.04 Å². The second-order valence-electron chi connectivity index (χ2n) is 7.40. The molecule has 4 rings (SSSR count). The first kappa shape index (κ1) is 18.5. The molecule has 2 aliphatic rings. The molecule has 28 heavy (non-hydrogen) atoms. The van der Waals surface area contributed by atoms with Crippen LogP contribution in [0.1, 0.15) is 60.3 Å². The van der Waals surface area contributed by atoms with Gasteiger partial charge in [0.1, 0.15) is 6.04 Å². The monoisotopic (exact) mass is 383 g/mol. The third kappa shape index (κ3) is 3.34. The summed E-state index contributed by atoms with van der Waals surface area (Å²) in [6.45, 7) is 2.56. The second-order valence-corrected chi connectivity index (χ2v) is 7.40. The van der Waals surface area contributed by atoms with Gasteiger partial charge in [-0.05, 0) is 31.9 Å². The summed E-state index contributed by atoms with van der Waals surface area (Å²) < 4.78 is 7.02. The van der Waals surface area contributed by atoms with Crippen LogP contribution < -0.4 is 10.1 Å². The van der Waals surface area contributed by atoms with Crippen LogP contribution in [-0.2, 0) is 17.9 Å². The Bertz CT molecular complexity index is 874. The quantitative estimate of drug-likeness (QED) is 0.825. The van der Waals surface area contributed by atoms with Gasteiger partial charge in [0.2, 0.25) is 11.8 Å². The van der Waals surface area contributed by atoms with Crippen molar-refractivity contribution in [2.75, 3.05) is 7.11 Å². The topological polar surface area (TPSA) is 89.3 Å². The molecule has 0 saturated heterocycles. The number of pyridine rings is 1. The summed E-state index contributed by atoms with van der Waals surface area (Å²) >= 11 is 0. The zero-order chi connectivity index (χ0) is 19.7. The summed E-state index contributed by atoms with van der Waals surface area (Å²) in [6.07, 6.45) is 7.85. The van der Waals surface area contributed by atoms with Crippen molar-refractivity contribution in [2.24, 2.45) is 0 Å². The fourth-order valence-corrected chi connectivity index (χ4v) is 4.04. The molecule has 148 valence electrons. The third-order valence-corrected chi connectivity index (χ3v) is 5.67. The average Bonchev–Trinajstić information content (AvgIpc) is 3.46. The van der Waals surface area contributed by atoms with E-state index in [9.17, 15) is 9.59 Å². The molecular weight excluding hydrogens is 358 g/mol. The van der Waals surface area contributed by atoms with Crippen molar-refractivity contribution < 1.29 is 14.3 Å². The molecule has 0 aromatic carbocycles. The number of carbonyl (C=O) groups excluding carboxylic acids is 2. The molecule has 8 nitrogen and oxygen atoms in total. The molecule has 0 unspecified atom stereocenters. The summed E-state index contributed by atoms with van der Waals surface area (Å²) in [5.41, 5.74) is 2.08. The Morgan fingerprint density at radius 2 is 2.18 bits per heavy atom. The van der Waals surface area contributed by atoms with Gasteiger partial charge in [0, 0.05) is 30.5 Å². The van der Waals surface area contributed by atoms with Crippen LogP contribution in [0, 0.1) is 0 Å². The summed E-state index contributed by atoms with van der Waals surface area (Å²) in [5.74, 6) is 0.326. The largest absolute Gasteiger partial charge is 0.481 e. The molecule has 0 bridgehead atoms. The van der Waals surface area contributed by atoms with E-state index in [2.05, 4.69) is 15.4 Å². The number of nitrogens with one attached hydrogen (secondary N) is 1. The predicted octanol–water partition coefficient (Wildman–Crippen LogP) is 2.06. The fraction of sp³-hybridized carbons (Fsp3) is 0.500. The lowest BCUT2D eigenvalue weighted by Crippen LogP contribution is -2.33. The summed E-state index contributed by atoms with van der Waals surface area (Å²) in [4.78, 5) is 31.8. The highest BCUT2D eigenvalue weighted by Crippen LogP contribution is 2.33. The molecule has 1 N–H and O–H groups in total. The van der Waals surface area contributed by atoms with E-state index in [-0.39, 0.29) is 18.4 Å². The van der Waals surface area contributed by atoms with Gasteiger partial charge in [-0.2, -0.15) is 5.10 Å². The fourth-order valence-electron chi connectivity index (χ4n) is 4.04. The van der Waals surface area contributed by atoms with Crippen molar-refractivity contribution >= 4 is 11.8 Å². The first-order valence-corrected chi connectivity index (χ1v) is 9.73. The van der Waals surface area contributed by atoms with Crippen LogP contribution in [0.3, 0.4) is 0 Å². The van der Waals surface area contributed by atoms with Gasteiger partial charge >= 0.3 is 0 Å². The standard InChI is InChI=1S/C20H25N5O3/c1-13(25-9-5-8-22-25)18(26)21-11-14-10-16-17(23-19(14)28-2)12-24(20(16)27)15-6-3-4-7-15/h5,8-10,13,15H,3-4,6-7,11-12H2,1-2H3,(H,21,26)/t13-/m0/s1. The molecule has 0 radical (unpaired) electrons. The molecule has 8 heteroatoms. The Kier molecular flexibility index (Phi) is 5.02. The number of nitrogens with zero attached hydrogens (tertiary/aromatic N) is 4. The SMILES string of the molecule is COc1nc2c(cc1CNC(=O)[C@H](C)n1cccn1)C(=O)N(C1CCCC1)C2. The van der Waals surface area contributed by atoms with Gasteiger partial charge in [-0.25, -0.2) is 4.98 Å². The number of rotatable bonds is 6. The van der Waals surface area contributed by atoms with E-state index in [1.165, 1.54) is 12.8 Å². The van der Waals surface area contributed by atoms with E-state index in [0.717, 1.165) is 18.5 Å². The van der Waals surface area contributed by atoms with Crippen LogP contribution in [0.5, 0.6) is 5.88 Å².